The monoisotopic (exact) mass is 287 g/mol. The van der Waals surface area contributed by atoms with E-state index in [0.717, 1.165) is 0 Å². The first-order valence-corrected chi connectivity index (χ1v) is 6.71. The fraction of sp³-hybridized carbons (Fsp3) is 0.188. The van der Waals surface area contributed by atoms with Crippen molar-refractivity contribution in [2.45, 2.75) is 19.9 Å². The summed E-state index contributed by atoms with van der Waals surface area (Å²) >= 11 is 0. The summed E-state index contributed by atoms with van der Waals surface area (Å²) in [6.45, 7) is 3.89. The maximum absolute atomic E-state index is 14.1. The number of anilines is 1. The number of hydrogen-bond acceptors (Lipinski definition) is 2. The second-order valence-electron chi connectivity index (χ2n) is 5.25. The summed E-state index contributed by atoms with van der Waals surface area (Å²) in [5.74, 6) is -0.464. The van der Waals surface area contributed by atoms with Crippen LogP contribution in [0.1, 0.15) is 19.9 Å². The molecule has 108 valence electrons. The fourth-order valence-electron chi connectivity index (χ4n) is 2.51. The predicted molar refractivity (Wildman–Crippen MR) is 79.9 cm³/mol. The molecule has 1 heterocycles. The van der Waals surface area contributed by atoms with Gasteiger partial charge in [0.2, 0.25) is 0 Å². The highest BCUT2D eigenvalue weighted by atomic mass is 19.1. The molecule has 0 saturated carbocycles. The summed E-state index contributed by atoms with van der Waals surface area (Å²) < 4.78 is 29.9. The number of para-hydroxylation sites is 1. The van der Waals surface area contributed by atoms with Crippen molar-refractivity contribution in [2.24, 2.45) is 0 Å². The van der Waals surface area contributed by atoms with Crippen LogP contribution < -0.4 is 5.73 Å². The molecular weight excluding hydrogens is 272 g/mol. The van der Waals surface area contributed by atoms with Gasteiger partial charge in [-0.2, -0.15) is 0 Å². The van der Waals surface area contributed by atoms with Crippen molar-refractivity contribution in [1.29, 1.82) is 0 Å². The van der Waals surface area contributed by atoms with Crippen LogP contribution in [0.2, 0.25) is 0 Å². The van der Waals surface area contributed by atoms with E-state index in [1.165, 1.54) is 24.3 Å². The molecule has 0 saturated heterocycles. The average molecular weight is 287 g/mol. The summed E-state index contributed by atoms with van der Waals surface area (Å²) in [4.78, 5) is 4.30. The molecule has 0 spiro atoms. The summed E-state index contributed by atoms with van der Waals surface area (Å²) in [7, 11) is 0. The summed E-state index contributed by atoms with van der Waals surface area (Å²) in [6.07, 6.45) is 0. The van der Waals surface area contributed by atoms with E-state index < -0.39 is 11.6 Å². The van der Waals surface area contributed by atoms with Crippen molar-refractivity contribution in [3.63, 3.8) is 0 Å². The minimum atomic E-state index is -0.429. The zero-order valence-corrected chi connectivity index (χ0v) is 11.8. The van der Waals surface area contributed by atoms with E-state index in [0.29, 0.717) is 17.0 Å². The van der Waals surface area contributed by atoms with Crippen LogP contribution in [0.25, 0.3) is 22.4 Å². The molecule has 1 aromatic heterocycles. The molecular formula is C16H15F2N3. The molecule has 5 heteroatoms. The van der Waals surface area contributed by atoms with Gasteiger partial charge in [0.05, 0.1) is 11.1 Å². The highest BCUT2D eigenvalue weighted by Crippen LogP contribution is 2.31. The van der Waals surface area contributed by atoms with Crippen LogP contribution in [0.3, 0.4) is 0 Å². The van der Waals surface area contributed by atoms with E-state index in [4.69, 9.17) is 5.73 Å². The number of aromatic nitrogens is 2. The van der Waals surface area contributed by atoms with Gasteiger partial charge in [-0.25, -0.2) is 13.8 Å². The molecule has 21 heavy (non-hydrogen) atoms. The number of benzene rings is 2. The van der Waals surface area contributed by atoms with Crippen LogP contribution in [0.15, 0.2) is 36.4 Å². The zero-order valence-electron chi connectivity index (χ0n) is 11.8. The van der Waals surface area contributed by atoms with E-state index in [1.807, 2.05) is 18.4 Å². The molecule has 0 atom stereocenters. The molecule has 0 bridgehead atoms. The lowest BCUT2D eigenvalue weighted by atomic mass is 10.1. The third kappa shape index (κ3) is 2.14. The molecule has 0 fully saturated rings. The Kier molecular flexibility index (Phi) is 3.12. The van der Waals surface area contributed by atoms with Gasteiger partial charge in [0.15, 0.2) is 5.82 Å². The normalized spacial score (nSPS) is 11.5. The molecule has 0 unspecified atom stereocenters. The molecule has 3 rings (SSSR count). The number of rotatable bonds is 2. The molecule has 3 aromatic rings. The Labute approximate surface area is 121 Å². The number of fused-ring (bicyclic) bond motifs is 1. The Balaban J connectivity index is 2.39. The Hall–Kier alpha value is -2.43. The van der Waals surface area contributed by atoms with Crippen LogP contribution in [-0.4, -0.2) is 9.55 Å². The molecule has 0 amide bonds. The molecule has 0 radical (unpaired) electrons. The summed E-state index contributed by atoms with van der Waals surface area (Å²) in [5.41, 5.74) is 7.33. The topological polar surface area (TPSA) is 43.8 Å². The van der Waals surface area contributed by atoms with E-state index >= 15 is 0 Å². The van der Waals surface area contributed by atoms with Gasteiger partial charge in [-0.15, -0.1) is 0 Å². The van der Waals surface area contributed by atoms with Gasteiger partial charge in [-0.05, 0) is 44.2 Å². The van der Waals surface area contributed by atoms with E-state index in [-0.39, 0.29) is 17.1 Å². The van der Waals surface area contributed by atoms with Crippen LogP contribution in [0, 0.1) is 11.6 Å². The second kappa shape index (κ2) is 4.84. The van der Waals surface area contributed by atoms with Crippen LogP contribution in [0.4, 0.5) is 14.5 Å². The van der Waals surface area contributed by atoms with Gasteiger partial charge >= 0.3 is 0 Å². The minimum absolute atomic E-state index is 0.00707. The largest absolute Gasteiger partial charge is 0.399 e. The minimum Gasteiger partial charge on any atom is -0.399 e. The van der Waals surface area contributed by atoms with Gasteiger partial charge in [0, 0.05) is 11.7 Å². The predicted octanol–water partition coefficient (Wildman–Crippen LogP) is 4.14. The van der Waals surface area contributed by atoms with Crippen molar-refractivity contribution < 1.29 is 8.78 Å². The SMILES string of the molecule is CC(C)n1c(-c2cc(N)ccc2F)nc2c(F)cccc21. The van der Waals surface area contributed by atoms with Gasteiger partial charge in [0.25, 0.3) is 0 Å². The smallest absolute Gasteiger partial charge is 0.151 e. The van der Waals surface area contributed by atoms with Crippen LogP contribution in [-0.2, 0) is 0 Å². The first-order valence-electron chi connectivity index (χ1n) is 6.71. The van der Waals surface area contributed by atoms with E-state index in [9.17, 15) is 8.78 Å². The summed E-state index contributed by atoms with van der Waals surface area (Å²) in [6, 6.07) is 9.06. The number of imidazole rings is 1. The molecule has 2 N–H and O–H groups in total. The molecule has 0 aliphatic rings. The lowest BCUT2D eigenvalue weighted by Gasteiger charge is -2.13. The second-order valence-corrected chi connectivity index (χ2v) is 5.25. The lowest BCUT2D eigenvalue weighted by molar-refractivity contribution is 0.607. The number of halogens is 2. The van der Waals surface area contributed by atoms with Gasteiger partial charge in [0.1, 0.15) is 17.2 Å². The van der Waals surface area contributed by atoms with Crippen molar-refractivity contribution in [3.8, 4) is 11.4 Å². The first kappa shape index (κ1) is 13.5. The van der Waals surface area contributed by atoms with Crippen LogP contribution >= 0.6 is 0 Å². The average Bonchev–Trinajstić information content (AvgIpc) is 2.82. The van der Waals surface area contributed by atoms with Gasteiger partial charge in [-0.1, -0.05) is 6.07 Å². The zero-order chi connectivity index (χ0) is 15.1. The highest BCUT2D eigenvalue weighted by Gasteiger charge is 2.19. The van der Waals surface area contributed by atoms with Crippen molar-refractivity contribution in [1.82, 2.24) is 9.55 Å². The van der Waals surface area contributed by atoms with E-state index in [1.54, 1.807) is 12.1 Å². The molecule has 3 nitrogen and oxygen atoms in total. The van der Waals surface area contributed by atoms with Crippen molar-refractivity contribution in [3.05, 3.63) is 48.0 Å². The Bertz CT molecular complexity index is 822. The Morgan fingerprint density at radius 1 is 1.10 bits per heavy atom. The maximum atomic E-state index is 14.1. The summed E-state index contributed by atoms with van der Waals surface area (Å²) in [5, 5.41) is 0. The standard InChI is InChI=1S/C16H15F2N3/c1-9(2)21-14-5-3-4-13(18)15(14)20-16(21)11-8-10(19)6-7-12(11)17/h3-9H,19H2,1-2H3. The number of nitrogens with zero attached hydrogens (tertiary/aromatic N) is 2. The highest BCUT2D eigenvalue weighted by molar-refractivity contribution is 5.82. The Morgan fingerprint density at radius 3 is 2.57 bits per heavy atom. The number of nitrogens with two attached hydrogens (primary N) is 1. The maximum Gasteiger partial charge on any atom is 0.151 e. The molecule has 2 aromatic carbocycles. The first-order chi connectivity index (χ1) is 9.99. The molecule has 0 aliphatic heterocycles. The quantitative estimate of drug-likeness (QED) is 0.720. The van der Waals surface area contributed by atoms with Crippen molar-refractivity contribution in [2.75, 3.05) is 5.73 Å². The lowest BCUT2D eigenvalue weighted by Crippen LogP contribution is -2.04. The van der Waals surface area contributed by atoms with E-state index in [2.05, 4.69) is 4.98 Å². The number of hydrogen-bond donors (Lipinski definition) is 1. The third-order valence-corrected chi connectivity index (χ3v) is 3.42. The number of nitrogen functional groups attached to an aromatic ring is 1. The Morgan fingerprint density at radius 2 is 1.86 bits per heavy atom. The van der Waals surface area contributed by atoms with Gasteiger partial charge < -0.3 is 10.3 Å². The molecule has 0 aliphatic carbocycles. The van der Waals surface area contributed by atoms with Crippen molar-refractivity contribution >= 4 is 16.7 Å². The van der Waals surface area contributed by atoms with Gasteiger partial charge in [-0.3, -0.25) is 0 Å². The third-order valence-electron chi connectivity index (χ3n) is 3.42. The van der Waals surface area contributed by atoms with Crippen LogP contribution in [0.5, 0.6) is 0 Å². The fourth-order valence-corrected chi connectivity index (χ4v) is 2.51.